The maximum absolute atomic E-state index is 12.7. The van der Waals surface area contributed by atoms with Crippen LogP contribution < -0.4 is 0 Å². The highest BCUT2D eigenvalue weighted by Gasteiger charge is 2.22. The Labute approximate surface area is 140 Å². The number of aromatic nitrogens is 2. The molecule has 0 atom stereocenters. The molecule has 2 heterocycles. The topological polar surface area (TPSA) is 52.0 Å². The Morgan fingerprint density at radius 2 is 1.90 bits per heavy atom. The molecule has 0 aliphatic carbocycles. The zero-order valence-electron chi connectivity index (χ0n) is 10.7. The van der Waals surface area contributed by atoms with E-state index < -0.39 is 10.0 Å². The van der Waals surface area contributed by atoms with Gasteiger partial charge in [-0.1, -0.05) is 41.9 Å². The number of hydrogen-bond acceptors (Lipinski definition) is 3. The molecule has 0 N–H and O–H groups in total. The Balaban J connectivity index is 2.15. The molecule has 108 valence electrons. The number of rotatable bonds is 3. The van der Waals surface area contributed by atoms with Gasteiger partial charge in [0.2, 0.25) is 10.0 Å². The van der Waals surface area contributed by atoms with Crippen molar-refractivity contribution < 1.29 is 8.42 Å². The van der Waals surface area contributed by atoms with E-state index in [-0.39, 0.29) is 5.75 Å². The van der Waals surface area contributed by atoms with Crippen LogP contribution in [0.5, 0.6) is 0 Å². The van der Waals surface area contributed by atoms with Gasteiger partial charge in [0, 0.05) is 11.6 Å². The SMILES string of the molecule is O=S(=O)(Cc1ccccc1)n1c(I)cc2c(Cl)ccnc21. The van der Waals surface area contributed by atoms with Crippen LogP contribution in [0.2, 0.25) is 5.02 Å². The number of fused-ring (bicyclic) bond motifs is 1. The van der Waals surface area contributed by atoms with Crippen molar-refractivity contribution in [1.82, 2.24) is 8.96 Å². The van der Waals surface area contributed by atoms with E-state index in [2.05, 4.69) is 4.98 Å². The van der Waals surface area contributed by atoms with Gasteiger partial charge in [-0.2, -0.15) is 0 Å². The normalized spacial score (nSPS) is 11.9. The van der Waals surface area contributed by atoms with Crippen LogP contribution >= 0.6 is 34.2 Å². The van der Waals surface area contributed by atoms with E-state index >= 15 is 0 Å². The predicted molar refractivity (Wildman–Crippen MR) is 91.9 cm³/mol. The summed E-state index contributed by atoms with van der Waals surface area (Å²) in [5.41, 5.74) is 1.10. The minimum atomic E-state index is -3.56. The maximum Gasteiger partial charge on any atom is 0.245 e. The summed E-state index contributed by atoms with van der Waals surface area (Å²) < 4.78 is 27.2. The van der Waals surface area contributed by atoms with Gasteiger partial charge in [0.1, 0.15) is 0 Å². The number of halogens is 2. The van der Waals surface area contributed by atoms with Crippen molar-refractivity contribution in [1.29, 1.82) is 0 Å². The van der Waals surface area contributed by atoms with Gasteiger partial charge in [0.25, 0.3) is 0 Å². The molecule has 0 spiro atoms. The fraction of sp³-hybridized carbons (Fsp3) is 0.0714. The minimum absolute atomic E-state index is 0.0815. The molecule has 0 saturated carbocycles. The molecule has 0 fully saturated rings. The summed E-state index contributed by atoms with van der Waals surface area (Å²) in [7, 11) is -3.56. The zero-order valence-corrected chi connectivity index (χ0v) is 14.4. The Kier molecular flexibility index (Phi) is 3.94. The summed E-state index contributed by atoms with van der Waals surface area (Å²) in [6.07, 6.45) is 1.51. The molecule has 2 aromatic heterocycles. The van der Waals surface area contributed by atoms with E-state index in [1.807, 2.05) is 40.8 Å². The average Bonchev–Trinajstić information content (AvgIpc) is 2.78. The van der Waals surface area contributed by atoms with Gasteiger partial charge in [-0.15, -0.1) is 0 Å². The summed E-state index contributed by atoms with van der Waals surface area (Å²) in [6.45, 7) is 0. The first-order valence-corrected chi connectivity index (χ1v) is 9.14. The smallest absolute Gasteiger partial charge is 0.237 e. The Bertz CT molecular complexity index is 907. The molecular weight excluding hydrogens is 423 g/mol. The van der Waals surface area contributed by atoms with Crippen LogP contribution in [0.1, 0.15) is 5.56 Å². The molecule has 0 radical (unpaired) electrons. The van der Waals surface area contributed by atoms with Crippen molar-refractivity contribution in [3.63, 3.8) is 0 Å². The van der Waals surface area contributed by atoms with Crippen LogP contribution in [-0.2, 0) is 15.8 Å². The van der Waals surface area contributed by atoms with Crippen molar-refractivity contribution in [2.75, 3.05) is 0 Å². The molecule has 21 heavy (non-hydrogen) atoms. The monoisotopic (exact) mass is 432 g/mol. The molecule has 3 aromatic rings. The fourth-order valence-corrected chi connectivity index (χ4v) is 5.23. The van der Waals surface area contributed by atoms with Crippen LogP contribution in [0, 0.1) is 3.70 Å². The van der Waals surface area contributed by atoms with Crippen LogP contribution in [0.3, 0.4) is 0 Å². The molecule has 0 unspecified atom stereocenters. The van der Waals surface area contributed by atoms with Gasteiger partial charge in [0.05, 0.1) is 14.5 Å². The van der Waals surface area contributed by atoms with E-state index in [0.717, 1.165) is 5.56 Å². The van der Waals surface area contributed by atoms with Crippen LogP contribution in [-0.4, -0.2) is 17.4 Å². The second-order valence-electron chi connectivity index (χ2n) is 4.50. The van der Waals surface area contributed by atoms with E-state index in [9.17, 15) is 8.42 Å². The summed E-state index contributed by atoms with van der Waals surface area (Å²) >= 11 is 8.08. The Morgan fingerprint density at radius 3 is 2.62 bits per heavy atom. The maximum atomic E-state index is 12.7. The third-order valence-electron chi connectivity index (χ3n) is 3.04. The second-order valence-corrected chi connectivity index (χ2v) is 7.83. The number of pyridine rings is 1. The van der Waals surface area contributed by atoms with Crippen molar-refractivity contribution in [2.45, 2.75) is 5.75 Å². The number of benzene rings is 1. The van der Waals surface area contributed by atoms with Crippen LogP contribution in [0.4, 0.5) is 0 Å². The van der Waals surface area contributed by atoms with E-state index in [0.29, 0.717) is 19.8 Å². The molecular formula is C14H10ClIN2O2S. The van der Waals surface area contributed by atoms with Gasteiger partial charge >= 0.3 is 0 Å². The molecule has 7 heteroatoms. The summed E-state index contributed by atoms with van der Waals surface area (Å²) in [6, 6.07) is 12.4. The lowest BCUT2D eigenvalue weighted by Crippen LogP contribution is -2.16. The van der Waals surface area contributed by atoms with Gasteiger partial charge in [-0.05, 0) is 40.3 Å². The highest BCUT2D eigenvalue weighted by Crippen LogP contribution is 2.28. The first-order chi connectivity index (χ1) is 9.99. The predicted octanol–water partition coefficient (Wildman–Crippen LogP) is 3.67. The van der Waals surface area contributed by atoms with Gasteiger partial charge in [-0.3, -0.25) is 0 Å². The molecule has 1 aromatic carbocycles. The standard InChI is InChI=1S/C14H10ClIN2O2S/c15-12-6-7-17-14-11(12)8-13(16)18(14)21(19,20)9-10-4-2-1-3-5-10/h1-8H,9H2. The van der Waals surface area contributed by atoms with E-state index in [4.69, 9.17) is 11.6 Å². The minimum Gasteiger partial charge on any atom is -0.237 e. The molecule has 0 amide bonds. The molecule has 0 saturated heterocycles. The number of nitrogens with zero attached hydrogens (tertiary/aromatic N) is 2. The third-order valence-corrected chi connectivity index (χ3v) is 6.11. The Hall–Kier alpha value is -1.12. The third kappa shape index (κ3) is 2.79. The molecule has 3 rings (SSSR count). The number of hydrogen-bond donors (Lipinski definition) is 0. The lowest BCUT2D eigenvalue weighted by atomic mass is 10.2. The fourth-order valence-electron chi connectivity index (χ4n) is 2.13. The van der Waals surface area contributed by atoms with Gasteiger partial charge in [-0.25, -0.2) is 17.4 Å². The molecule has 4 nitrogen and oxygen atoms in total. The van der Waals surface area contributed by atoms with Crippen molar-refractivity contribution in [3.05, 3.63) is 62.9 Å². The molecule has 0 aliphatic heterocycles. The van der Waals surface area contributed by atoms with Crippen LogP contribution in [0.15, 0.2) is 48.7 Å². The van der Waals surface area contributed by atoms with Crippen molar-refractivity contribution >= 4 is 55.2 Å². The lowest BCUT2D eigenvalue weighted by Gasteiger charge is -2.08. The first-order valence-electron chi connectivity index (χ1n) is 6.08. The summed E-state index contributed by atoms with van der Waals surface area (Å²) in [5.74, 6) is -0.0815. The second kappa shape index (κ2) is 5.58. The quantitative estimate of drug-likeness (QED) is 0.594. The zero-order chi connectivity index (χ0) is 15.0. The van der Waals surface area contributed by atoms with Gasteiger partial charge in [0.15, 0.2) is 5.65 Å². The van der Waals surface area contributed by atoms with Crippen molar-refractivity contribution in [3.8, 4) is 0 Å². The Morgan fingerprint density at radius 1 is 1.19 bits per heavy atom. The summed E-state index contributed by atoms with van der Waals surface area (Å²) in [5, 5.41) is 1.13. The molecule has 0 aliphatic rings. The first kappa shape index (κ1) is 14.8. The largest absolute Gasteiger partial charge is 0.245 e. The highest BCUT2D eigenvalue weighted by atomic mass is 127. The highest BCUT2D eigenvalue weighted by molar-refractivity contribution is 14.1. The lowest BCUT2D eigenvalue weighted by molar-refractivity contribution is 0.587. The summed E-state index contributed by atoms with van der Waals surface area (Å²) in [4.78, 5) is 4.17. The average molecular weight is 433 g/mol. The molecule has 0 bridgehead atoms. The van der Waals surface area contributed by atoms with Gasteiger partial charge < -0.3 is 0 Å². The van der Waals surface area contributed by atoms with Crippen molar-refractivity contribution in [2.24, 2.45) is 0 Å². The van der Waals surface area contributed by atoms with E-state index in [1.165, 1.54) is 10.2 Å². The van der Waals surface area contributed by atoms with Crippen LogP contribution in [0.25, 0.3) is 11.0 Å². The van der Waals surface area contributed by atoms with E-state index in [1.54, 1.807) is 24.3 Å².